The third-order valence-corrected chi connectivity index (χ3v) is 4.80. The minimum Gasteiger partial charge on any atom is -0.391 e. The monoisotopic (exact) mass is 320 g/mol. The van der Waals surface area contributed by atoms with Crippen molar-refractivity contribution in [3.05, 3.63) is 40.4 Å². The largest absolute Gasteiger partial charge is 0.391 e. The second-order valence-electron chi connectivity index (χ2n) is 3.90. The Morgan fingerprint density at radius 3 is 2.65 bits per heavy atom. The van der Waals surface area contributed by atoms with Crippen LogP contribution < -0.4 is 4.72 Å². The van der Waals surface area contributed by atoms with Gasteiger partial charge in [-0.15, -0.1) is 11.3 Å². The van der Waals surface area contributed by atoms with Crippen LogP contribution >= 0.6 is 11.3 Å². The number of aryl methyl sites for hydroxylation is 1. The number of benzene rings is 1. The molecule has 0 saturated carbocycles. The van der Waals surface area contributed by atoms with E-state index in [0.29, 0.717) is 5.69 Å². The van der Waals surface area contributed by atoms with E-state index in [-0.39, 0.29) is 5.13 Å². The summed E-state index contributed by atoms with van der Waals surface area (Å²) in [5, 5.41) is 10.6. The molecule has 0 spiro atoms. The zero-order valence-electron chi connectivity index (χ0n) is 10.2. The maximum atomic E-state index is 13.9. The van der Waals surface area contributed by atoms with Crippen molar-refractivity contribution in [2.45, 2.75) is 18.4 Å². The number of nitrogens with one attached hydrogen (secondary N) is 1. The molecular formula is C11H10F2N2O3S2. The summed E-state index contributed by atoms with van der Waals surface area (Å²) in [5.74, 6) is -2.32. The lowest BCUT2D eigenvalue weighted by Gasteiger charge is -2.09. The number of aliphatic hydroxyl groups excluding tert-OH is 1. The molecule has 0 bridgehead atoms. The van der Waals surface area contributed by atoms with Crippen molar-refractivity contribution in [3.8, 4) is 0 Å². The number of thiazole rings is 1. The zero-order chi connectivity index (χ0) is 14.9. The van der Waals surface area contributed by atoms with Gasteiger partial charge in [0.15, 0.2) is 10.9 Å². The van der Waals surface area contributed by atoms with Crippen molar-refractivity contribution in [1.82, 2.24) is 4.98 Å². The summed E-state index contributed by atoms with van der Waals surface area (Å²) < 4.78 is 53.3. The molecule has 0 radical (unpaired) electrons. The van der Waals surface area contributed by atoms with Crippen LogP contribution in [-0.2, 0) is 16.6 Å². The molecule has 2 N–H and O–H groups in total. The number of halogens is 2. The van der Waals surface area contributed by atoms with Crippen LogP contribution in [0.1, 0.15) is 11.3 Å². The number of aromatic nitrogens is 1. The normalized spacial score (nSPS) is 11.6. The molecule has 0 amide bonds. The first-order chi connectivity index (χ1) is 9.35. The predicted molar refractivity (Wildman–Crippen MR) is 69.9 cm³/mol. The number of hydrogen-bond donors (Lipinski definition) is 2. The lowest BCUT2D eigenvalue weighted by molar-refractivity contribution is 0.267. The first-order valence-electron chi connectivity index (χ1n) is 5.38. The van der Waals surface area contributed by atoms with Crippen molar-refractivity contribution >= 4 is 26.5 Å². The van der Waals surface area contributed by atoms with Crippen molar-refractivity contribution in [1.29, 1.82) is 0 Å². The summed E-state index contributed by atoms with van der Waals surface area (Å²) in [5.41, 5.74) is -0.0773. The molecule has 0 unspecified atom stereocenters. The predicted octanol–water partition coefficient (Wildman–Crippen LogP) is 2.02. The van der Waals surface area contributed by atoms with E-state index in [4.69, 9.17) is 5.11 Å². The van der Waals surface area contributed by atoms with Gasteiger partial charge in [0.2, 0.25) is 0 Å². The molecule has 0 aliphatic heterocycles. The molecule has 0 atom stereocenters. The Balaban J connectivity index is 2.44. The minimum absolute atomic E-state index is 0.0803. The molecule has 0 saturated heterocycles. The van der Waals surface area contributed by atoms with Crippen LogP contribution in [0, 0.1) is 18.6 Å². The van der Waals surface area contributed by atoms with Gasteiger partial charge in [-0.1, -0.05) is 0 Å². The Bertz CT molecular complexity index is 744. The molecule has 2 aromatic rings. The van der Waals surface area contributed by atoms with Crippen LogP contribution in [-0.4, -0.2) is 18.5 Å². The summed E-state index contributed by atoms with van der Waals surface area (Å²) in [7, 11) is -4.23. The molecular weight excluding hydrogens is 310 g/mol. The zero-order valence-corrected chi connectivity index (χ0v) is 11.9. The Morgan fingerprint density at radius 1 is 1.40 bits per heavy atom. The number of anilines is 1. The van der Waals surface area contributed by atoms with Crippen molar-refractivity contribution in [3.63, 3.8) is 0 Å². The summed E-state index contributed by atoms with van der Waals surface area (Å²) >= 11 is 1.04. The van der Waals surface area contributed by atoms with Gasteiger partial charge in [0, 0.05) is 5.38 Å². The minimum atomic E-state index is -4.23. The number of aliphatic hydroxyl groups is 1. The van der Waals surface area contributed by atoms with Gasteiger partial charge in [-0.3, -0.25) is 4.72 Å². The van der Waals surface area contributed by atoms with Gasteiger partial charge in [0.25, 0.3) is 10.0 Å². The quantitative estimate of drug-likeness (QED) is 0.903. The lowest BCUT2D eigenvalue weighted by atomic mass is 10.2. The highest BCUT2D eigenvalue weighted by atomic mass is 32.2. The highest BCUT2D eigenvalue weighted by Crippen LogP contribution is 2.24. The Hall–Kier alpha value is -1.58. The molecule has 0 fully saturated rings. The average molecular weight is 320 g/mol. The number of nitrogens with zero attached hydrogens (tertiary/aromatic N) is 1. The molecule has 0 aliphatic carbocycles. The van der Waals surface area contributed by atoms with E-state index >= 15 is 0 Å². The Kier molecular flexibility index (Phi) is 4.02. The third-order valence-electron chi connectivity index (χ3n) is 2.44. The van der Waals surface area contributed by atoms with Crippen LogP contribution in [0.3, 0.4) is 0 Å². The summed E-state index contributed by atoms with van der Waals surface area (Å²) in [6, 6.07) is 1.59. The topological polar surface area (TPSA) is 79.3 Å². The van der Waals surface area contributed by atoms with Crippen LogP contribution in [0.2, 0.25) is 0 Å². The molecule has 108 valence electrons. The van der Waals surface area contributed by atoms with Gasteiger partial charge in [0.05, 0.1) is 17.9 Å². The first kappa shape index (κ1) is 14.8. The van der Waals surface area contributed by atoms with Crippen molar-refractivity contribution < 1.29 is 22.3 Å². The van der Waals surface area contributed by atoms with Crippen LogP contribution in [0.15, 0.2) is 22.4 Å². The SMILES string of the molecule is Cc1csc(NS(=O)(=O)c2ccc(F)c(CO)c2F)n1. The van der Waals surface area contributed by atoms with E-state index in [9.17, 15) is 17.2 Å². The smallest absolute Gasteiger partial charge is 0.266 e. The molecule has 1 aromatic carbocycles. The molecule has 9 heteroatoms. The van der Waals surface area contributed by atoms with E-state index in [2.05, 4.69) is 9.71 Å². The summed E-state index contributed by atoms with van der Waals surface area (Å²) in [6.07, 6.45) is 0. The van der Waals surface area contributed by atoms with Crippen molar-refractivity contribution in [2.75, 3.05) is 4.72 Å². The maximum absolute atomic E-state index is 13.9. The number of sulfonamides is 1. The van der Waals surface area contributed by atoms with Gasteiger partial charge in [-0.05, 0) is 19.1 Å². The van der Waals surface area contributed by atoms with E-state index in [1.165, 1.54) is 0 Å². The second-order valence-corrected chi connectivity index (χ2v) is 6.40. The van der Waals surface area contributed by atoms with Gasteiger partial charge in [-0.25, -0.2) is 22.2 Å². The third kappa shape index (κ3) is 2.79. The molecule has 2 rings (SSSR count). The lowest BCUT2D eigenvalue weighted by Crippen LogP contribution is -2.16. The summed E-state index contributed by atoms with van der Waals surface area (Å²) in [4.78, 5) is 3.15. The Morgan fingerprint density at radius 2 is 2.10 bits per heavy atom. The van der Waals surface area contributed by atoms with Crippen molar-refractivity contribution in [2.24, 2.45) is 0 Å². The molecule has 1 heterocycles. The molecule has 0 aliphatic rings. The van der Waals surface area contributed by atoms with E-state index < -0.39 is 38.7 Å². The summed E-state index contributed by atoms with van der Waals surface area (Å²) in [6.45, 7) is 0.744. The average Bonchev–Trinajstić information content (AvgIpc) is 2.74. The first-order valence-corrected chi connectivity index (χ1v) is 7.74. The van der Waals surface area contributed by atoms with Gasteiger partial charge >= 0.3 is 0 Å². The van der Waals surface area contributed by atoms with Gasteiger partial charge in [-0.2, -0.15) is 0 Å². The highest BCUT2D eigenvalue weighted by Gasteiger charge is 2.24. The van der Waals surface area contributed by atoms with Crippen LogP contribution in [0.4, 0.5) is 13.9 Å². The van der Waals surface area contributed by atoms with E-state index in [1.807, 2.05) is 0 Å². The molecule has 1 aromatic heterocycles. The maximum Gasteiger partial charge on any atom is 0.266 e. The molecule has 20 heavy (non-hydrogen) atoms. The standard InChI is InChI=1S/C11H10F2N2O3S2/c1-6-5-19-11(14-6)15-20(17,18)9-3-2-8(12)7(4-16)10(9)13/h2-3,5,16H,4H2,1H3,(H,14,15). The number of rotatable bonds is 4. The Labute approximate surface area is 118 Å². The van der Waals surface area contributed by atoms with Crippen LogP contribution in [0.25, 0.3) is 0 Å². The van der Waals surface area contributed by atoms with E-state index in [0.717, 1.165) is 23.5 Å². The van der Waals surface area contributed by atoms with Gasteiger partial charge < -0.3 is 5.11 Å². The fraction of sp³-hybridized carbons (Fsp3) is 0.182. The van der Waals surface area contributed by atoms with Crippen LogP contribution in [0.5, 0.6) is 0 Å². The number of hydrogen-bond acceptors (Lipinski definition) is 5. The van der Waals surface area contributed by atoms with Gasteiger partial charge in [0.1, 0.15) is 10.7 Å². The fourth-order valence-electron chi connectivity index (χ4n) is 1.50. The highest BCUT2D eigenvalue weighted by molar-refractivity contribution is 7.93. The fourth-order valence-corrected chi connectivity index (χ4v) is 3.54. The molecule has 5 nitrogen and oxygen atoms in total. The second kappa shape index (κ2) is 5.43. The van der Waals surface area contributed by atoms with E-state index in [1.54, 1.807) is 12.3 Å².